The van der Waals surface area contributed by atoms with Crippen molar-refractivity contribution in [2.75, 3.05) is 0 Å². The van der Waals surface area contributed by atoms with Gasteiger partial charge in [-0.2, -0.15) is 0 Å². The molecule has 0 aromatic carbocycles. The number of rotatable bonds is 6. The van der Waals surface area contributed by atoms with Crippen LogP contribution in [0.1, 0.15) is 39.5 Å². The molecule has 0 atom stereocenters. The Hall–Kier alpha value is 0.184. The van der Waals surface area contributed by atoms with E-state index in [1.807, 2.05) is 6.92 Å². The number of hydrogen-bond acceptors (Lipinski definition) is 2. The van der Waals surface area contributed by atoms with Gasteiger partial charge in [0, 0.05) is 0 Å². The maximum atomic E-state index is 11.0. The zero-order valence-corrected chi connectivity index (χ0v) is 8.91. The monoisotopic (exact) mass is 192 g/mol. The molecule has 0 fully saturated rings. The molecule has 3 heteroatoms. The van der Waals surface area contributed by atoms with Crippen molar-refractivity contribution in [3.8, 4) is 0 Å². The number of carbonyl (C=O) groups is 1. The molecule has 0 aliphatic rings. The Labute approximate surface area is 74.5 Å². The molecule has 64 valence electrons. The third-order valence-electron chi connectivity index (χ3n) is 1.64. The van der Waals surface area contributed by atoms with E-state index in [1.165, 1.54) is 0 Å². The quantitative estimate of drug-likeness (QED) is 0.478. The van der Waals surface area contributed by atoms with Gasteiger partial charge in [-0.05, 0) is 0 Å². The molecule has 2 nitrogen and oxygen atoms in total. The number of hydrogen-bond donors (Lipinski definition) is 0. The summed E-state index contributed by atoms with van der Waals surface area (Å²) in [5.41, 5.74) is 0. The molecule has 0 amide bonds. The first-order valence-electron chi connectivity index (χ1n) is 4.28. The number of unbranched alkanes of at least 4 members (excludes halogenated alkanes) is 2. The molecule has 0 aliphatic carbocycles. The topological polar surface area (TPSA) is 34.1 Å². The molecular formula is C8H16O2Ti. The van der Waals surface area contributed by atoms with E-state index >= 15 is 0 Å². The van der Waals surface area contributed by atoms with Crippen LogP contribution < -0.4 is 0 Å². The van der Waals surface area contributed by atoms with Crippen molar-refractivity contribution in [3.63, 3.8) is 0 Å². The summed E-state index contributed by atoms with van der Waals surface area (Å²) in [7, 11) is 0. The summed E-state index contributed by atoms with van der Waals surface area (Å²) in [6.07, 6.45) is 3.68. The van der Waals surface area contributed by atoms with Gasteiger partial charge in [0.25, 0.3) is 0 Å². The van der Waals surface area contributed by atoms with Crippen molar-refractivity contribution >= 4 is 4.09 Å². The molecule has 11 heavy (non-hydrogen) atoms. The van der Waals surface area contributed by atoms with E-state index in [2.05, 4.69) is 6.92 Å². The van der Waals surface area contributed by atoms with Gasteiger partial charge in [-0.1, -0.05) is 0 Å². The Morgan fingerprint density at radius 1 is 1.27 bits per heavy atom. The molecule has 0 unspecified atom stereocenters. The summed E-state index contributed by atoms with van der Waals surface area (Å²) < 4.78 is 11.7. The van der Waals surface area contributed by atoms with Gasteiger partial charge >= 0.3 is 74.3 Å². The van der Waals surface area contributed by atoms with Crippen molar-refractivity contribution in [2.45, 2.75) is 44.3 Å². The van der Waals surface area contributed by atoms with Crippen LogP contribution >= 0.6 is 0 Å². The second-order valence-corrected chi connectivity index (χ2v) is 5.95. The molecule has 0 heterocycles. The van der Waals surface area contributed by atoms with E-state index in [0.29, 0.717) is 11.1 Å². The predicted octanol–water partition coefficient (Wildman–Crippen LogP) is 2.50. The Morgan fingerprint density at radius 3 is 2.36 bits per heavy atom. The summed E-state index contributed by atoms with van der Waals surface area (Å²) in [5.74, 6) is 0. The molecule has 0 aromatic heterocycles. The van der Waals surface area contributed by atoms with E-state index in [0.717, 1.165) is 19.3 Å². The van der Waals surface area contributed by atoms with Crippen molar-refractivity contribution < 1.29 is 26.0 Å². The summed E-state index contributed by atoms with van der Waals surface area (Å²) in [5, 5.41) is 0. The first kappa shape index (κ1) is 11.2. The van der Waals surface area contributed by atoms with Crippen LogP contribution in [0.4, 0.5) is 0 Å². The molecule has 0 N–H and O–H groups in total. The van der Waals surface area contributed by atoms with E-state index in [4.69, 9.17) is 0 Å². The van der Waals surface area contributed by atoms with Crippen molar-refractivity contribution in [1.29, 1.82) is 0 Å². The molecule has 0 spiro atoms. The first-order valence-corrected chi connectivity index (χ1v) is 6.80. The summed E-state index contributed by atoms with van der Waals surface area (Å²) in [6.45, 7) is 3.93. The molecule has 0 bridgehead atoms. The van der Waals surface area contributed by atoms with Gasteiger partial charge in [0.1, 0.15) is 0 Å². The van der Waals surface area contributed by atoms with Crippen molar-refractivity contribution in [1.82, 2.24) is 0 Å². The maximum absolute atomic E-state index is 11.0. The van der Waals surface area contributed by atoms with Gasteiger partial charge in [-0.3, -0.25) is 0 Å². The van der Waals surface area contributed by atoms with Gasteiger partial charge in [0.05, 0.1) is 0 Å². The SMILES string of the molecule is CCCCC[C](=O)[Ti](=[O])[CH2]C. The van der Waals surface area contributed by atoms with Gasteiger partial charge in [-0.15, -0.1) is 0 Å². The summed E-state index contributed by atoms with van der Waals surface area (Å²) >= 11 is -2.46. The molecule has 0 aliphatic heterocycles. The average Bonchev–Trinajstić information content (AvgIpc) is 2.03. The minimum atomic E-state index is -2.46. The Bertz CT molecular complexity index is 143. The van der Waals surface area contributed by atoms with Crippen molar-refractivity contribution in [2.24, 2.45) is 0 Å². The summed E-state index contributed by atoms with van der Waals surface area (Å²) in [4.78, 5) is 11.0. The normalized spacial score (nSPS) is 9.64. The van der Waals surface area contributed by atoms with Crippen LogP contribution in [-0.2, 0) is 26.0 Å². The fraction of sp³-hybridized carbons (Fsp3) is 0.875. The average molecular weight is 192 g/mol. The Morgan fingerprint density at radius 2 is 1.91 bits per heavy atom. The third-order valence-corrected chi connectivity index (χ3v) is 4.00. The number of carbonyl (C=O) groups excluding carboxylic acids is 1. The second-order valence-electron chi connectivity index (χ2n) is 2.66. The molecular weight excluding hydrogens is 176 g/mol. The standard InChI is InChI=1S/C6H11O.C2H5.O.Ti/c1-2-3-4-5-6-7;1-2;;/h2-5H2,1H3;1H2,2H3;;. The van der Waals surface area contributed by atoms with Crippen LogP contribution in [0, 0.1) is 0 Å². The van der Waals surface area contributed by atoms with E-state index in [1.54, 1.807) is 0 Å². The van der Waals surface area contributed by atoms with Crippen LogP contribution in [0.3, 0.4) is 0 Å². The van der Waals surface area contributed by atoms with E-state index in [9.17, 15) is 8.12 Å². The third kappa shape index (κ3) is 5.45. The van der Waals surface area contributed by atoms with Gasteiger partial charge in [0.2, 0.25) is 0 Å². The Balaban J connectivity index is 3.44. The molecule has 0 rings (SSSR count). The zero-order valence-electron chi connectivity index (χ0n) is 7.35. The molecule has 0 saturated carbocycles. The fourth-order valence-corrected chi connectivity index (χ4v) is 2.20. The summed E-state index contributed by atoms with van der Waals surface area (Å²) in [6, 6.07) is 0. The van der Waals surface area contributed by atoms with Crippen LogP contribution in [0.2, 0.25) is 4.73 Å². The van der Waals surface area contributed by atoms with Crippen LogP contribution in [0.15, 0.2) is 0 Å². The Kier molecular flexibility index (Phi) is 6.98. The van der Waals surface area contributed by atoms with Crippen LogP contribution in [-0.4, -0.2) is 4.09 Å². The van der Waals surface area contributed by atoms with Crippen LogP contribution in [0.5, 0.6) is 0 Å². The van der Waals surface area contributed by atoms with Gasteiger partial charge in [-0.25, -0.2) is 0 Å². The molecule has 0 saturated heterocycles. The van der Waals surface area contributed by atoms with Gasteiger partial charge < -0.3 is 0 Å². The van der Waals surface area contributed by atoms with Crippen LogP contribution in [0.25, 0.3) is 0 Å². The van der Waals surface area contributed by atoms with E-state index < -0.39 is 17.8 Å². The zero-order chi connectivity index (χ0) is 8.69. The minimum absolute atomic E-state index is 0.0564. The fourth-order valence-electron chi connectivity index (χ4n) is 0.872. The van der Waals surface area contributed by atoms with Gasteiger partial charge in [0.15, 0.2) is 0 Å². The van der Waals surface area contributed by atoms with Crippen molar-refractivity contribution in [3.05, 3.63) is 0 Å². The van der Waals surface area contributed by atoms with E-state index in [-0.39, 0.29) is 4.09 Å². The second kappa shape index (κ2) is 6.87. The first-order chi connectivity index (χ1) is 5.22. The molecule has 0 aromatic rings. The predicted molar refractivity (Wildman–Crippen MR) is 40.3 cm³/mol. The molecule has 0 radical (unpaired) electrons.